The fraction of sp³-hybridized carbons (Fsp3) is 0.824. The van der Waals surface area contributed by atoms with Gasteiger partial charge in [0.1, 0.15) is 6.10 Å². The second-order valence-corrected chi connectivity index (χ2v) is 7.10. The van der Waals surface area contributed by atoms with Crippen molar-refractivity contribution in [3.63, 3.8) is 0 Å². The lowest BCUT2D eigenvalue weighted by Gasteiger charge is -2.46. The highest BCUT2D eigenvalue weighted by molar-refractivity contribution is 5.88. The fourth-order valence-electron chi connectivity index (χ4n) is 3.19. The average Bonchev–Trinajstić information content (AvgIpc) is 2.33. The molecule has 0 aromatic carbocycles. The van der Waals surface area contributed by atoms with Gasteiger partial charge in [-0.1, -0.05) is 6.58 Å². The van der Waals surface area contributed by atoms with Crippen LogP contribution in [-0.2, 0) is 19.0 Å². The largest absolute Gasteiger partial charge is 0.459 e. The summed E-state index contributed by atoms with van der Waals surface area (Å²) >= 11 is 0. The Morgan fingerprint density at radius 1 is 1.14 bits per heavy atom. The zero-order valence-electron chi connectivity index (χ0n) is 14.8. The topological polar surface area (TPSA) is 56.8 Å². The number of piperidine rings is 1. The predicted octanol–water partition coefficient (Wildman–Crippen LogP) is 2.79. The van der Waals surface area contributed by atoms with E-state index in [2.05, 4.69) is 39.6 Å². The van der Waals surface area contributed by atoms with Gasteiger partial charge in [0.05, 0.1) is 5.57 Å². The van der Waals surface area contributed by atoms with Gasteiger partial charge in [-0.15, -0.1) is 0 Å². The van der Waals surface area contributed by atoms with Crippen LogP contribution in [0, 0.1) is 0 Å². The molecular formula is C17H31NO4. The molecule has 0 amide bonds. The van der Waals surface area contributed by atoms with Gasteiger partial charge in [0.2, 0.25) is 0 Å². The molecule has 5 heteroatoms. The van der Waals surface area contributed by atoms with Crippen molar-refractivity contribution in [2.45, 2.75) is 77.9 Å². The maximum atomic E-state index is 12.3. The lowest BCUT2D eigenvalue weighted by molar-refractivity contribution is -0.158. The molecule has 5 nitrogen and oxygen atoms in total. The van der Waals surface area contributed by atoms with Gasteiger partial charge in [-0.05, 0) is 41.5 Å². The number of carbonyl (C=O) groups is 1. The first-order valence-electron chi connectivity index (χ1n) is 8.02. The molecule has 1 heterocycles. The van der Waals surface area contributed by atoms with E-state index in [1.807, 2.05) is 13.8 Å². The zero-order chi connectivity index (χ0) is 17.0. The summed E-state index contributed by atoms with van der Waals surface area (Å²) in [6, 6.07) is 0. The molecule has 1 rings (SSSR count). The molecule has 128 valence electrons. The van der Waals surface area contributed by atoms with Crippen LogP contribution in [-0.4, -0.2) is 42.7 Å². The van der Waals surface area contributed by atoms with Gasteiger partial charge in [-0.3, -0.25) is 0 Å². The highest BCUT2D eigenvalue weighted by Crippen LogP contribution is 2.30. The van der Waals surface area contributed by atoms with Crippen LogP contribution in [0.5, 0.6) is 0 Å². The molecule has 0 aromatic rings. The number of esters is 1. The molecule has 1 saturated heterocycles. The Labute approximate surface area is 134 Å². The average molecular weight is 313 g/mol. The van der Waals surface area contributed by atoms with Crippen LogP contribution in [0.2, 0.25) is 0 Å². The Balaban J connectivity index is 2.68. The van der Waals surface area contributed by atoms with E-state index in [0.29, 0.717) is 13.2 Å². The first-order valence-corrected chi connectivity index (χ1v) is 8.02. The van der Waals surface area contributed by atoms with Crippen molar-refractivity contribution >= 4 is 5.97 Å². The van der Waals surface area contributed by atoms with E-state index >= 15 is 0 Å². The molecule has 0 aromatic heterocycles. The van der Waals surface area contributed by atoms with Crippen LogP contribution in [0.25, 0.3) is 0 Å². The number of nitrogens with one attached hydrogen (secondary N) is 1. The molecule has 22 heavy (non-hydrogen) atoms. The monoisotopic (exact) mass is 313 g/mol. The van der Waals surface area contributed by atoms with Gasteiger partial charge in [0.25, 0.3) is 0 Å². The van der Waals surface area contributed by atoms with E-state index in [9.17, 15) is 4.79 Å². The Morgan fingerprint density at radius 2 is 1.59 bits per heavy atom. The Hall–Kier alpha value is -0.910. The SMILES string of the molecule is C=C(C(=O)OC1CC(C)(C)NC(C)(C)C1)C(OCC)OCC. The molecule has 0 spiro atoms. The molecule has 0 atom stereocenters. The highest BCUT2D eigenvalue weighted by Gasteiger charge is 2.39. The smallest absolute Gasteiger partial charge is 0.338 e. The molecule has 1 N–H and O–H groups in total. The van der Waals surface area contributed by atoms with Crippen LogP contribution >= 0.6 is 0 Å². The third-order valence-electron chi connectivity index (χ3n) is 3.61. The van der Waals surface area contributed by atoms with Gasteiger partial charge < -0.3 is 19.5 Å². The lowest BCUT2D eigenvalue weighted by Crippen LogP contribution is -2.59. The van der Waals surface area contributed by atoms with Crippen molar-refractivity contribution in [2.75, 3.05) is 13.2 Å². The van der Waals surface area contributed by atoms with Crippen LogP contribution in [0.1, 0.15) is 54.4 Å². The summed E-state index contributed by atoms with van der Waals surface area (Å²) in [6.45, 7) is 16.9. The van der Waals surface area contributed by atoms with Crippen molar-refractivity contribution in [2.24, 2.45) is 0 Å². The van der Waals surface area contributed by atoms with Crippen molar-refractivity contribution in [3.8, 4) is 0 Å². The van der Waals surface area contributed by atoms with Crippen LogP contribution < -0.4 is 5.32 Å². The third kappa shape index (κ3) is 5.71. The molecule has 0 radical (unpaired) electrons. The number of hydrogen-bond donors (Lipinski definition) is 1. The second-order valence-electron chi connectivity index (χ2n) is 7.10. The summed E-state index contributed by atoms with van der Waals surface area (Å²) in [4.78, 5) is 12.3. The van der Waals surface area contributed by atoms with Gasteiger partial charge in [-0.25, -0.2) is 4.79 Å². The summed E-state index contributed by atoms with van der Waals surface area (Å²) in [7, 11) is 0. The van der Waals surface area contributed by atoms with Crippen LogP contribution in [0.4, 0.5) is 0 Å². The maximum absolute atomic E-state index is 12.3. The standard InChI is InChI=1S/C17H31NO4/c1-8-20-15(21-9-2)12(3)14(19)22-13-10-16(4,5)18-17(6,7)11-13/h13,15,18H,3,8-11H2,1-2,4-7H3. The van der Waals surface area contributed by atoms with E-state index in [1.165, 1.54) is 0 Å². The van der Waals surface area contributed by atoms with Gasteiger partial charge >= 0.3 is 5.97 Å². The first kappa shape index (κ1) is 19.1. The van der Waals surface area contributed by atoms with Crippen molar-refractivity contribution in [3.05, 3.63) is 12.2 Å². The molecule has 1 fully saturated rings. The summed E-state index contributed by atoms with van der Waals surface area (Å²) < 4.78 is 16.5. The molecule has 1 aliphatic heterocycles. The summed E-state index contributed by atoms with van der Waals surface area (Å²) in [5.74, 6) is -0.439. The maximum Gasteiger partial charge on any atom is 0.338 e. The summed E-state index contributed by atoms with van der Waals surface area (Å²) in [6.07, 6.45) is 0.664. The van der Waals surface area contributed by atoms with Gasteiger partial charge in [0.15, 0.2) is 6.29 Å². The van der Waals surface area contributed by atoms with E-state index in [1.54, 1.807) is 0 Å². The zero-order valence-corrected chi connectivity index (χ0v) is 14.8. The highest BCUT2D eigenvalue weighted by atomic mass is 16.7. The van der Waals surface area contributed by atoms with E-state index < -0.39 is 12.3 Å². The molecule has 0 bridgehead atoms. The minimum Gasteiger partial charge on any atom is -0.459 e. The number of carbonyl (C=O) groups excluding carboxylic acids is 1. The lowest BCUT2D eigenvalue weighted by atomic mass is 9.81. The van der Waals surface area contributed by atoms with Gasteiger partial charge in [-0.2, -0.15) is 0 Å². The minimum atomic E-state index is -0.731. The molecule has 1 aliphatic rings. The van der Waals surface area contributed by atoms with E-state index in [4.69, 9.17) is 14.2 Å². The number of rotatable bonds is 7. The quantitative estimate of drug-likeness (QED) is 0.445. The summed E-state index contributed by atoms with van der Waals surface area (Å²) in [5.41, 5.74) is 0.0680. The fourth-order valence-corrected chi connectivity index (χ4v) is 3.19. The Morgan fingerprint density at radius 3 is 2.00 bits per heavy atom. The van der Waals surface area contributed by atoms with Crippen molar-refractivity contribution in [1.82, 2.24) is 5.32 Å². The van der Waals surface area contributed by atoms with Crippen molar-refractivity contribution in [1.29, 1.82) is 0 Å². The normalized spacial score (nSPS) is 20.9. The number of hydrogen-bond acceptors (Lipinski definition) is 5. The van der Waals surface area contributed by atoms with Gasteiger partial charge in [0, 0.05) is 37.1 Å². The van der Waals surface area contributed by atoms with Crippen LogP contribution in [0.3, 0.4) is 0 Å². The van der Waals surface area contributed by atoms with E-state index in [-0.39, 0.29) is 22.8 Å². The molecule has 0 saturated carbocycles. The Bertz CT molecular complexity index is 381. The molecule has 0 unspecified atom stereocenters. The number of ether oxygens (including phenoxy) is 3. The van der Waals surface area contributed by atoms with Crippen LogP contribution in [0.15, 0.2) is 12.2 Å². The van der Waals surface area contributed by atoms with E-state index in [0.717, 1.165) is 12.8 Å². The minimum absolute atomic E-state index is 0.0761. The second kappa shape index (κ2) is 7.57. The molecule has 0 aliphatic carbocycles. The third-order valence-corrected chi connectivity index (χ3v) is 3.61. The predicted molar refractivity (Wildman–Crippen MR) is 86.6 cm³/mol. The summed E-state index contributed by atoms with van der Waals surface area (Å²) in [5, 5.41) is 3.56. The first-order chi connectivity index (χ1) is 10.1. The van der Waals surface area contributed by atoms with Crippen molar-refractivity contribution < 1.29 is 19.0 Å². The Kier molecular flexibility index (Phi) is 6.59. The molecular weight excluding hydrogens is 282 g/mol.